The van der Waals surface area contributed by atoms with E-state index in [1.807, 2.05) is 53.9 Å². The van der Waals surface area contributed by atoms with Gasteiger partial charge in [-0.2, -0.15) is 0 Å². The fraction of sp³-hybridized carbons (Fsp3) is 0.200. The maximum atomic E-state index is 13.8. The molecule has 1 N–H and O–H groups in total. The molecule has 0 saturated carbocycles. The summed E-state index contributed by atoms with van der Waals surface area (Å²) in [6.07, 6.45) is 3.26. The van der Waals surface area contributed by atoms with E-state index in [0.717, 1.165) is 16.0 Å². The van der Waals surface area contributed by atoms with Gasteiger partial charge in [0, 0.05) is 42.2 Å². The Morgan fingerprint density at radius 2 is 1.91 bits per heavy atom. The van der Waals surface area contributed by atoms with Gasteiger partial charge in [-0.25, -0.2) is 0 Å². The Hall–Kier alpha value is -3.62. The number of fused-ring (bicyclic) bond motifs is 2. The van der Waals surface area contributed by atoms with E-state index in [4.69, 9.17) is 4.74 Å². The second-order valence-electron chi connectivity index (χ2n) is 7.77. The molecule has 0 aliphatic carbocycles. The van der Waals surface area contributed by atoms with Gasteiger partial charge in [0.05, 0.1) is 29.6 Å². The summed E-state index contributed by atoms with van der Waals surface area (Å²) in [6, 6.07) is 16.3. The molecule has 0 bridgehead atoms. The van der Waals surface area contributed by atoms with Crippen LogP contribution in [0.4, 0.5) is 5.69 Å². The van der Waals surface area contributed by atoms with Crippen LogP contribution in [-0.2, 0) is 9.53 Å². The zero-order valence-corrected chi connectivity index (χ0v) is 18.8. The van der Waals surface area contributed by atoms with Gasteiger partial charge >= 0.3 is 0 Å². The van der Waals surface area contributed by atoms with E-state index in [9.17, 15) is 9.59 Å². The molecule has 2 unspecified atom stereocenters. The first kappa shape index (κ1) is 21.2. The van der Waals surface area contributed by atoms with Gasteiger partial charge in [0.1, 0.15) is 0 Å². The lowest BCUT2D eigenvalue weighted by atomic mass is 9.81. The van der Waals surface area contributed by atoms with E-state index in [0.29, 0.717) is 29.9 Å². The largest absolute Gasteiger partial charge is 0.383 e. The van der Waals surface area contributed by atoms with Crippen molar-refractivity contribution in [2.75, 3.05) is 25.6 Å². The molecule has 4 aromatic rings. The summed E-state index contributed by atoms with van der Waals surface area (Å²) in [5, 5.41) is 5.02. The Morgan fingerprint density at radius 1 is 1.09 bits per heavy atom. The number of aromatic nitrogens is 2. The van der Waals surface area contributed by atoms with Gasteiger partial charge in [0.25, 0.3) is 5.91 Å². The summed E-state index contributed by atoms with van der Waals surface area (Å²) in [5.41, 5.74) is 3.37. The predicted octanol–water partition coefficient (Wildman–Crippen LogP) is 4.26. The first-order valence-electron chi connectivity index (χ1n) is 10.6. The lowest BCUT2D eigenvalue weighted by molar-refractivity contribution is -0.119. The molecule has 0 radical (unpaired) electrons. The number of anilines is 1. The number of thiophene rings is 1. The molecule has 0 spiro atoms. The predicted molar refractivity (Wildman–Crippen MR) is 127 cm³/mol. The van der Waals surface area contributed by atoms with Gasteiger partial charge in [0.15, 0.2) is 0 Å². The van der Waals surface area contributed by atoms with E-state index in [2.05, 4.69) is 15.3 Å². The summed E-state index contributed by atoms with van der Waals surface area (Å²) in [6.45, 7) is 0.773. The SMILES string of the molecule is COCCN1C(=O)c2ccccc2C(C(=O)Nc2ccc3nccnc3c2)C1c1cccs1. The van der Waals surface area contributed by atoms with Crippen molar-refractivity contribution in [3.63, 3.8) is 0 Å². The van der Waals surface area contributed by atoms with Crippen LogP contribution in [0.5, 0.6) is 0 Å². The fourth-order valence-electron chi connectivity index (χ4n) is 4.35. The molecule has 2 atom stereocenters. The molecule has 33 heavy (non-hydrogen) atoms. The summed E-state index contributed by atoms with van der Waals surface area (Å²) >= 11 is 1.54. The second kappa shape index (κ2) is 9.09. The van der Waals surface area contributed by atoms with Crippen LogP contribution < -0.4 is 5.32 Å². The fourth-order valence-corrected chi connectivity index (χ4v) is 5.22. The number of carbonyl (C=O) groups is 2. The van der Waals surface area contributed by atoms with Crippen LogP contribution in [0.25, 0.3) is 11.0 Å². The number of hydrogen-bond donors (Lipinski definition) is 1. The molecule has 8 heteroatoms. The number of carbonyl (C=O) groups excluding carboxylic acids is 2. The summed E-state index contributed by atoms with van der Waals surface area (Å²) in [5.74, 6) is -0.850. The number of methoxy groups -OCH3 is 1. The molecule has 0 saturated heterocycles. The number of nitrogens with zero attached hydrogens (tertiary/aromatic N) is 3. The van der Waals surface area contributed by atoms with Gasteiger partial charge in [0.2, 0.25) is 5.91 Å². The van der Waals surface area contributed by atoms with Crippen LogP contribution in [0.1, 0.15) is 32.8 Å². The van der Waals surface area contributed by atoms with Crippen molar-refractivity contribution in [3.05, 3.63) is 88.4 Å². The smallest absolute Gasteiger partial charge is 0.254 e. The topological polar surface area (TPSA) is 84.4 Å². The Bertz CT molecular complexity index is 1310. The zero-order valence-electron chi connectivity index (χ0n) is 18.0. The zero-order chi connectivity index (χ0) is 22.8. The lowest BCUT2D eigenvalue weighted by Crippen LogP contribution is -2.47. The molecular formula is C25H22N4O3S. The molecule has 0 fully saturated rings. The Balaban J connectivity index is 1.57. The molecule has 1 aliphatic heterocycles. The lowest BCUT2D eigenvalue weighted by Gasteiger charge is -2.41. The first-order chi connectivity index (χ1) is 16.2. The van der Waals surface area contributed by atoms with Crippen molar-refractivity contribution in [1.29, 1.82) is 0 Å². The van der Waals surface area contributed by atoms with Crippen LogP contribution in [0.15, 0.2) is 72.4 Å². The van der Waals surface area contributed by atoms with Crippen molar-refractivity contribution in [1.82, 2.24) is 14.9 Å². The van der Waals surface area contributed by atoms with Crippen LogP contribution in [-0.4, -0.2) is 46.9 Å². The number of hydrogen-bond acceptors (Lipinski definition) is 6. The highest BCUT2D eigenvalue weighted by Crippen LogP contribution is 2.44. The first-order valence-corrected chi connectivity index (χ1v) is 11.5. The summed E-state index contributed by atoms with van der Waals surface area (Å²) in [7, 11) is 1.61. The van der Waals surface area contributed by atoms with Crippen molar-refractivity contribution < 1.29 is 14.3 Å². The minimum absolute atomic E-state index is 0.0916. The molecule has 2 amide bonds. The third-order valence-corrected chi connectivity index (χ3v) is 6.77. The van der Waals surface area contributed by atoms with Gasteiger partial charge in [-0.1, -0.05) is 24.3 Å². The maximum Gasteiger partial charge on any atom is 0.254 e. The highest BCUT2D eigenvalue weighted by Gasteiger charge is 2.44. The van der Waals surface area contributed by atoms with Crippen LogP contribution in [0.2, 0.25) is 0 Å². The van der Waals surface area contributed by atoms with Crippen molar-refractivity contribution in [2.45, 2.75) is 12.0 Å². The van der Waals surface area contributed by atoms with Gasteiger partial charge in [-0.05, 0) is 41.3 Å². The molecule has 166 valence electrons. The van der Waals surface area contributed by atoms with Crippen molar-refractivity contribution in [2.24, 2.45) is 0 Å². The normalized spacial score (nSPS) is 17.7. The van der Waals surface area contributed by atoms with E-state index >= 15 is 0 Å². The van der Waals surface area contributed by atoms with Gasteiger partial charge < -0.3 is 15.0 Å². The molecule has 2 aromatic heterocycles. The van der Waals surface area contributed by atoms with Crippen molar-refractivity contribution in [3.8, 4) is 0 Å². The Kier molecular flexibility index (Phi) is 5.85. The van der Waals surface area contributed by atoms with Gasteiger partial charge in [-0.3, -0.25) is 19.6 Å². The minimum atomic E-state index is -0.577. The van der Waals surface area contributed by atoms with E-state index < -0.39 is 12.0 Å². The average Bonchev–Trinajstić information content (AvgIpc) is 3.38. The second-order valence-corrected chi connectivity index (χ2v) is 8.74. The van der Waals surface area contributed by atoms with Crippen molar-refractivity contribution >= 4 is 39.9 Å². The Morgan fingerprint density at radius 3 is 2.70 bits per heavy atom. The number of rotatable bonds is 6. The molecular weight excluding hydrogens is 436 g/mol. The highest BCUT2D eigenvalue weighted by molar-refractivity contribution is 7.10. The molecule has 1 aliphatic rings. The quantitative estimate of drug-likeness (QED) is 0.467. The number of nitrogens with one attached hydrogen (secondary N) is 1. The minimum Gasteiger partial charge on any atom is -0.383 e. The molecule has 7 nitrogen and oxygen atoms in total. The Labute approximate surface area is 195 Å². The summed E-state index contributed by atoms with van der Waals surface area (Å²) < 4.78 is 5.27. The molecule has 3 heterocycles. The number of benzene rings is 2. The molecule has 5 rings (SSSR count). The third kappa shape index (κ3) is 3.99. The number of amides is 2. The standard InChI is InChI=1S/C25H22N4O3S/c1-32-13-12-29-23(21-7-4-14-33-21)22(17-5-2-3-6-18(17)25(29)31)24(30)28-16-8-9-19-20(15-16)27-11-10-26-19/h2-11,14-15,22-23H,12-13H2,1H3,(H,28,30). The van der Waals surface area contributed by atoms with E-state index in [1.54, 1.807) is 30.5 Å². The van der Waals surface area contributed by atoms with E-state index in [1.165, 1.54) is 11.3 Å². The average molecular weight is 459 g/mol. The maximum absolute atomic E-state index is 13.8. The van der Waals surface area contributed by atoms with E-state index in [-0.39, 0.29) is 11.8 Å². The number of ether oxygens (including phenoxy) is 1. The third-order valence-electron chi connectivity index (χ3n) is 5.83. The van der Waals surface area contributed by atoms with Crippen LogP contribution in [0, 0.1) is 0 Å². The monoisotopic (exact) mass is 458 g/mol. The summed E-state index contributed by atoms with van der Waals surface area (Å²) in [4.78, 5) is 38.5. The van der Waals surface area contributed by atoms with Gasteiger partial charge in [-0.15, -0.1) is 11.3 Å². The van der Waals surface area contributed by atoms with Crippen LogP contribution in [0.3, 0.4) is 0 Å². The van der Waals surface area contributed by atoms with Crippen LogP contribution >= 0.6 is 11.3 Å². The molecule has 2 aromatic carbocycles. The highest BCUT2D eigenvalue weighted by atomic mass is 32.1.